The fourth-order valence-corrected chi connectivity index (χ4v) is 3.14. The van der Waals surface area contributed by atoms with Crippen molar-refractivity contribution in [1.82, 2.24) is 16.0 Å². The Labute approximate surface area is 159 Å². The molecule has 0 aliphatic carbocycles. The molecule has 3 rings (SSSR count). The third-order valence-corrected chi connectivity index (χ3v) is 4.82. The molecule has 1 saturated heterocycles. The van der Waals surface area contributed by atoms with Gasteiger partial charge in [-0.25, -0.2) is 4.79 Å². The molecule has 1 aliphatic rings. The highest BCUT2D eigenvalue weighted by atomic mass is 16.2. The van der Waals surface area contributed by atoms with Crippen molar-refractivity contribution in [2.24, 2.45) is 5.92 Å². The lowest BCUT2D eigenvalue weighted by molar-refractivity contribution is 0.0951. The highest BCUT2D eigenvalue weighted by Crippen LogP contribution is 2.13. The van der Waals surface area contributed by atoms with E-state index in [0.717, 1.165) is 25.1 Å². The van der Waals surface area contributed by atoms with E-state index in [1.807, 2.05) is 30.3 Å². The number of nitrogens with one attached hydrogen (secondary N) is 4. The molecule has 6 nitrogen and oxygen atoms in total. The van der Waals surface area contributed by atoms with Gasteiger partial charge >= 0.3 is 6.03 Å². The van der Waals surface area contributed by atoms with E-state index in [2.05, 4.69) is 28.2 Å². The SMILES string of the molecule is CC1CCNCC1NC(=O)Nc1cccc(C(=O)NCc2ccccc2)c1. The van der Waals surface area contributed by atoms with E-state index >= 15 is 0 Å². The minimum absolute atomic E-state index is 0.108. The topological polar surface area (TPSA) is 82.3 Å². The molecular formula is C21H26N4O2. The Balaban J connectivity index is 1.54. The average molecular weight is 366 g/mol. The van der Waals surface area contributed by atoms with Crippen LogP contribution >= 0.6 is 0 Å². The summed E-state index contributed by atoms with van der Waals surface area (Å²) in [7, 11) is 0. The maximum atomic E-state index is 12.4. The van der Waals surface area contributed by atoms with Gasteiger partial charge in [0.25, 0.3) is 5.91 Å². The van der Waals surface area contributed by atoms with Crippen LogP contribution in [0.25, 0.3) is 0 Å². The summed E-state index contributed by atoms with van der Waals surface area (Å²) in [6.07, 6.45) is 1.04. The van der Waals surface area contributed by atoms with E-state index < -0.39 is 0 Å². The van der Waals surface area contributed by atoms with Gasteiger partial charge in [0.1, 0.15) is 0 Å². The summed E-state index contributed by atoms with van der Waals surface area (Å²) in [4.78, 5) is 24.6. The molecule has 4 N–H and O–H groups in total. The Bertz CT molecular complexity index is 779. The number of carbonyl (C=O) groups is 2. The van der Waals surface area contributed by atoms with Crippen molar-refractivity contribution >= 4 is 17.6 Å². The summed E-state index contributed by atoms with van der Waals surface area (Å²) in [5, 5.41) is 12.0. The number of hydrogen-bond donors (Lipinski definition) is 4. The molecule has 0 aromatic heterocycles. The van der Waals surface area contributed by atoms with Gasteiger partial charge < -0.3 is 21.3 Å². The van der Waals surface area contributed by atoms with Crippen LogP contribution in [0, 0.1) is 5.92 Å². The normalized spacial score (nSPS) is 19.1. The molecule has 2 aromatic carbocycles. The van der Waals surface area contributed by atoms with Crippen LogP contribution in [0.2, 0.25) is 0 Å². The lowest BCUT2D eigenvalue weighted by atomic mass is 9.95. The Morgan fingerprint density at radius 1 is 1.11 bits per heavy atom. The molecule has 3 amide bonds. The molecule has 2 atom stereocenters. The smallest absolute Gasteiger partial charge is 0.319 e. The van der Waals surface area contributed by atoms with Crippen LogP contribution in [0.1, 0.15) is 29.3 Å². The molecule has 0 radical (unpaired) electrons. The van der Waals surface area contributed by atoms with Crippen molar-refractivity contribution in [3.05, 3.63) is 65.7 Å². The van der Waals surface area contributed by atoms with Gasteiger partial charge in [-0.15, -0.1) is 0 Å². The molecule has 6 heteroatoms. The highest BCUT2D eigenvalue weighted by molar-refractivity contribution is 5.96. The predicted molar refractivity (Wildman–Crippen MR) is 107 cm³/mol. The first-order valence-corrected chi connectivity index (χ1v) is 9.32. The predicted octanol–water partition coefficient (Wildman–Crippen LogP) is 2.74. The molecule has 0 spiro atoms. The number of urea groups is 1. The number of piperidine rings is 1. The standard InChI is InChI=1S/C21H26N4O2/c1-15-10-11-22-14-19(15)25-21(27)24-18-9-5-8-17(12-18)20(26)23-13-16-6-3-2-4-7-16/h2-9,12,15,19,22H,10-11,13-14H2,1H3,(H,23,26)(H2,24,25,27). The Hall–Kier alpha value is -2.86. The number of amides is 3. The zero-order valence-corrected chi connectivity index (χ0v) is 15.5. The molecule has 1 fully saturated rings. The van der Waals surface area contributed by atoms with Gasteiger partial charge in [-0.3, -0.25) is 4.79 Å². The van der Waals surface area contributed by atoms with Crippen molar-refractivity contribution < 1.29 is 9.59 Å². The summed E-state index contributed by atoms with van der Waals surface area (Å²) >= 11 is 0. The van der Waals surface area contributed by atoms with Gasteiger partial charge in [0.2, 0.25) is 0 Å². The van der Waals surface area contributed by atoms with Gasteiger partial charge in [0.05, 0.1) is 0 Å². The van der Waals surface area contributed by atoms with Crippen LogP contribution in [-0.4, -0.2) is 31.1 Å². The van der Waals surface area contributed by atoms with E-state index in [1.165, 1.54) is 0 Å². The first-order valence-electron chi connectivity index (χ1n) is 9.32. The van der Waals surface area contributed by atoms with Crippen LogP contribution in [-0.2, 0) is 6.54 Å². The van der Waals surface area contributed by atoms with E-state index in [4.69, 9.17) is 0 Å². The Kier molecular flexibility index (Phi) is 6.44. The Morgan fingerprint density at radius 2 is 1.93 bits per heavy atom. The fourth-order valence-electron chi connectivity index (χ4n) is 3.14. The van der Waals surface area contributed by atoms with E-state index in [0.29, 0.717) is 23.7 Å². The quantitative estimate of drug-likeness (QED) is 0.657. The van der Waals surface area contributed by atoms with Crippen LogP contribution in [0.5, 0.6) is 0 Å². The zero-order chi connectivity index (χ0) is 19.1. The second kappa shape index (κ2) is 9.19. The lowest BCUT2D eigenvalue weighted by Crippen LogP contribution is -2.51. The first-order chi connectivity index (χ1) is 13.1. The molecule has 1 aliphatic heterocycles. The van der Waals surface area contributed by atoms with Crippen molar-refractivity contribution in [3.63, 3.8) is 0 Å². The van der Waals surface area contributed by atoms with Crippen LogP contribution < -0.4 is 21.3 Å². The van der Waals surface area contributed by atoms with Gasteiger partial charge in [-0.1, -0.05) is 43.3 Å². The summed E-state index contributed by atoms with van der Waals surface area (Å²) in [6.45, 7) is 4.37. The van der Waals surface area contributed by atoms with Crippen molar-refractivity contribution in [1.29, 1.82) is 0 Å². The monoisotopic (exact) mass is 366 g/mol. The molecule has 1 heterocycles. The van der Waals surface area contributed by atoms with E-state index in [9.17, 15) is 9.59 Å². The minimum Gasteiger partial charge on any atom is -0.348 e. The summed E-state index contributed by atoms with van der Waals surface area (Å²) in [5.41, 5.74) is 2.14. The molecule has 142 valence electrons. The summed E-state index contributed by atoms with van der Waals surface area (Å²) in [5.74, 6) is 0.264. The summed E-state index contributed by atoms with van der Waals surface area (Å²) in [6, 6.07) is 16.5. The van der Waals surface area contributed by atoms with Crippen LogP contribution in [0.15, 0.2) is 54.6 Å². The molecular weight excluding hydrogens is 340 g/mol. The zero-order valence-electron chi connectivity index (χ0n) is 15.5. The van der Waals surface area contributed by atoms with E-state index in [-0.39, 0.29) is 18.0 Å². The first kappa shape index (κ1) is 18.9. The molecule has 0 bridgehead atoms. The molecule has 2 unspecified atom stereocenters. The third kappa shape index (κ3) is 5.56. The number of anilines is 1. The van der Waals surface area contributed by atoms with Gasteiger partial charge in [-0.2, -0.15) is 0 Å². The highest BCUT2D eigenvalue weighted by Gasteiger charge is 2.22. The number of benzene rings is 2. The van der Waals surface area contributed by atoms with Gasteiger partial charge in [-0.05, 0) is 42.6 Å². The Morgan fingerprint density at radius 3 is 2.70 bits per heavy atom. The minimum atomic E-state index is -0.252. The molecule has 2 aromatic rings. The lowest BCUT2D eigenvalue weighted by Gasteiger charge is -2.30. The number of carbonyl (C=O) groups excluding carboxylic acids is 2. The third-order valence-electron chi connectivity index (χ3n) is 4.82. The number of hydrogen-bond acceptors (Lipinski definition) is 3. The number of rotatable bonds is 5. The van der Waals surface area contributed by atoms with Crippen LogP contribution in [0.3, 0.4) is 0 Å². The maximum Gasteiger partial charge on any atom is 0.319 e. The summed E-state index contributed by atoms with van der Waals surface area (Å²) < 4.78 is 0. The van der Waals surface area contributed by atoms with Crippen LogP contribution in [0.4, 0.5) is 10.5 Å². The second-order valence-electron chi connectivity index (χ2n) is 6.92. The molecule has 27 heavy (non-hydrogen) atoms. The largest absolute Gasteiger partial charge is 0.348 e. The average Bonchev–Trinajstić information content (AvgIpc) is 2.69. The van der Waals surface area contributed by atoms with Gasteiger partial charge in [0, 0.05) is 30.4 Å². The maximum absolute atomic E-state index is 12.4. The van der Waals surface area contributed by atoms with Gasteiger partial charge in [0.15, 0.2) is 0 Å². The van der Waals surface area contributed by atoms with E-state index in [1.54, 1.807) is 24.3 Å². The van der Waals surface area contributed by atoms with Crippen molar-refractivity contribution in [2.45, 2.75) is 25.9 Å². The second-order valence-corrected chi connectivity index (χ2v) is 6.92. The van der Waals surface area contributed by atoms with Crippen molar-refractivity contribution in [2.75, 3.05) is 18.4 Å². The molecule has 0 saturated carbocycles. The fraction of sp³-hybridized carbons (Fsp3) is 0.333. The van der Waals surface area contributed by atoms with Crippen molar-refractivity contribution in [3.8, 4) is 0 Å².